The number of carbonyl (C=O) groups excluding carboxylic acids is 3. The van der Waals surface area contributed by atoms with Crippen LogP contribution in [-0.2, 0) is 29.2 Å². The molecule has 176 valence electrons. The first-order valence-electron chi connectivity index (χ1n) is 10.7. The average molecular weight is 591 g/mol. The SMILES string of the molecule is C=CC(=O)N1CC(NC(=O)Cn2cc(C(=O)N3CCn4c(Br)nnc4C3)c3cc(Br)ccc32)C1. The van der Waals surface area contributed by atoms with Crippen molar-refractivity contribution in [2.45, 2.75) is 25.7 Å². The zero-order chi connectivity index (χ0) is 24.0. The van der Waals surface area contributed by atoms with E-state index in [-0.39, 0.29) is 30.3 Å². The van der Waals surface area contributed by atoms with Gasteiger partial charge < -0.3 is 24.3 Å². The van der Waals surface area contributed by atoms with Crippen LogP contribution in [0.15, 0.2) is 46.3 Å². The van der Waals surface area contributed by atoms with Gasteiger partial charge in [-0.25, -0.2) is 0 Å². The summed E-state index contributed by atoms with van der Waals surface area (Å²) >= 11 is 6.87. The topological polar surface area (TPSA) is 105 Å². The molecule has 5 rings (SSSR count). The molecular formula is C22H21Br2N7O3. The van der Waals surface area contributed by atoms with E-state index in [0.29, 0.717) is 43.0 Å². The van der Waals surface area contributed by atoms with E-state index in [2.05, 4.69) is 54.0 Å². The van der Waals surface area contributed by atoms with Crippen molar-refractivity contribution in [3.8, 4) is 0 Å². The number of hydrogen-bond donors (Lipinski definition) is 1. The van der Waals surface area contributed by atoms with Gasteiger partial charge in [-0.3, -0.25) is 14.4 Å². The first kappa shape index (κ1) is 22.8. The second-order valence-corrected chi connectivity index (χ2v) is 9.93. The zero-order valence-corrected chi connectivity index (χ0v) is 21.2. The van der Waals surface area contributed by atoms with Crippen LogP contribution >= 0.6 is 31.9 Å². The van der Waals surface area contributed by atoms with Gasteiger partial charge in [-0.1, -0.05) is 22.5 Å². The Labute approximate surface area is 211 Å². The number of amides is 3. The van der Waals surface area contributed by atoms with Crippen LogP contribution in [0.5, 0.6) is 0 Å². The number of benzene rings is 1. The monoisotopic (exact) mass is 589 g/mol. The predicted molar refractivity (Wildman–Crippen MR) is 131 cm³/mol. The maximum Gasteiger partial charge on any atom is 0.256 e. The third-order valence-corrected chi connectivity index (χ3v) is 7.20. The fourth-order valence-corrected chi connectivity index (χ4v) is 5.17. The van der Waals surface area contributed by atoms with Crippen molar-refractivity contribution in [3.05, 3.63) is 57.6 Å². The maximum absolute atomic E-state index is 13.5. The van der Waals surface area contributed by atoms with Crippen LogP contribution in [0.1, 0.15) is 16.2 Å². The van der Waals surface area contributed by atoms with Crippen molar-refractivity contribution in [2.24, 2.45) is 0 Å². The minimum atomic E-state index is -0.176. The van der Waals surface area contributed by atoms with Crippen molar-refractivity contribution in [2.75, 3.05) is 19.6 Å². The Hall–Kier alpha value is -2.99. The first-order chi connectivity index (χ1) is 16.3. The predicted octanol–water partition coefficient (Wildman–Crippen LogP) is 1.93. The molecule has 0 atom stereocenters. The molecule has 3 aromatic rings. The third kappa shape index (κ3) is 4.16. The van der Waals surface area contributed by atoms with Crippen LogP contribution in [0.25, 0.3) is 10.9 Å². The highest BCUT2D eigenvalue weighted by Gasteiger charge is 2.31. The van der Waals surface area contributed by atoms with Gasteiger partial charge in [-0.15, -0.1) is 10.2 Å². The van der Waals surface area contributed by atoms with E-state index in [1.165, 1.54) is 6.08 Å². The molecule has 1 saturated heterocycles. The Morgan fingerprint density at radius 2 is 1.94 bits per heavy atom. The van der Waals surface area contributed by atoms with Crippen LogP contribution in [-0.4, -0.2) is 72.5 Å². The van der Waals surface area contributed by atoms with E-state index < -0.39 is 0 Å². The van der Waals surface area contributed by atoms with Gasteiger partial charge in [0.2, 0.25) is 11.8 Å². The molecule has 0 aliphatic carbocycles. The Bertz CT molecular complexity index is 1330. The lowest BCUT2D eigenvalue weighted by Gasteiger charge is -2.38. The van der Waals surface area contributed by atoms with E-state index in [1.54, 1.807) is 20.6 Å². The Morgan fingerprint density at radius 1 is 1.15 bits per heavy atom. The molecule has 0 unspecified atom stereocenters. The number of fused-ring (bicyclic) bond motifs is 2. The summed E-state index contributed by atoms with van der Waals surface area (Å²) in [6, 6.07) is 5.58. The molecule has 1 N–H and O–H groups in total. The van der Waals surface area contributed by atoms with Gasteiger partial charge in [-0.05, 0) is 40.2 Å². The van der Waals surface area contributed by atoms with E-state index in [1.807, 2.05) is 22.8 Å². The van der Waals surface area contributed by atoms with Gasteiger partial charge in [0, 0.05) is 47.8 Å². The fraction of sp³-hybridized carbons (Fsp3) is 0.318. The first-order valence-corrected chi connectivity index (χ1v) is 12.3. The largest absolute Gasteiger partial charge is 0.348 e. The van der Waals surface area contributed by atoms with E-state index >= 15 is 0 Å². The van der Waals surface area contributed by atoms with E-state index in [4.69, 9.17) is 0 Å². The summed E-state index contributed by atoms with van der Waals surface area (Å²) < 4.78 is 5.24. The minimum Gasteiger partial charge on any atom is -0.348 e. The molecule has 0 spiro atoms. The number of halogens is 2. The van der Waals surface area contributed by atoms with Crippen LogP contribution in [0.3, 0.4) is 0 Å². The lowest BCUT2D eigenvalue weighted by molar-refractivity contribution is -0.133. The summed E-state index contributed by atoms with van der Waals surface area (Å²) in [5.74, 6) is 0.287. The number of nitrogens with one attached hydrogen (secondary N) is 1. The second kappa shape index (κ2) is 8.99. The molecule has 34 heavy (non-hydrogen) atoms. The molecule has 1 fully saturated rings. The highest BCUT2D eigenvalue weighted by atomic mass is 79.9. The summed E-state index contributed by atoms with van der Waals surface area (Å²) in [4.78, 5) is 41.2. The molecule has 2 aromatic heterocycles. The van der Waals surface area contributed by atoms with Gasteiger partial charge in [0.05, 0.1) is 18.2 Å². The van der Waals surface area contributed by atoms with Crippen LogP contribution < -0.4 is 5.32 Å². The summed E-state index contributed by atoms with van der Waals surface area (Å²) in [7, 11) is 0. The molecule has 4 heterocycles. The summed E-state index contributed by atoms with van der Waals surface area (Å²) in [6.45, 7) is 5.98. The molecule has 2 aliphatic rings. The molecule has 3 amide bonds. The highest BCUT2D eigenvalue weighted by molar-refractivity contribution is 9.10. The summed E-state index contributed by atoms with van der Waals surface area (Å²) in [5, 5.41) is 11.9. The number of carbonyl (C=O) groups is 3. The van der Waals surface area contributed by atoms with Crippen molar-refractivity contribution in [1.82, 2.24) is 34.4 Å². The molecular weight excluding hydrogens is 570 g/mol. The van der Waals surface area contributed by atoms with Crippen LogP contribution in [0, 0.1) is 0 Å². The number of aromatic nitrogens is 4. The number of nitrogens with zero attached hydrogens (tertiary/aromatic N) is 6. The quantitative estimate of drug-likeness (QED) is 0.457. The zero-order valence-electron chi connectivity index (χ0n) is 18.1. The Morgan fingerprint density at radius 3 is 2.71 bits per heavy atom. The van der Waals surface area contributed by atoms with Crippen molar-refractivity contribution < 1.29 is 14.4 Å². The van der Waals surface area contributed by atoms with Gasteiger partial charge in [0.15, 0.2) is 10.6 Å². The Balaban J connectivity index is 1.34. The Kier molecular flexibility index (Phi) is 6.02. The van der Waals surface area contributed by atoms with Crippen molar-refractivity contribution in [3.63, 3.8) is 0 Å². The third-order valence-electron chi connectivity index (χ3n) is 6.12. The highest BCUT2D eigenvalue weighted by Crippen LogP contribution is 2.28. The molecule has 0 radical (unpaired) electrons. The fourth-order valence-electron chi connectivity index (χ4n) is 4.34. The summed E-state index contributed by atoms with van der Waals surface area (Å²) in [6.07, 6.45) is 3.01. The van der Waals surface area contributed by atoms with Crippen LogP contribution in [0.4, 0.5) is 0 Å². The van der Waals surface area contributed by atoms with Gasteiger partial charge in [0.25, 0.3) is 5.91 Å². The van der Waals surface area contributed by atoms with E-state index in [0.717, 1.165) is 21.2 Å². The number of rotatable bonds is 5. The van der Waals surface area contributed by atoms with Gasteiger partial charge >= 0.3 is 0 Å². The normalized spacial score (nSPS) is 15.7. The molecule has 0 bridgehead atoms. The lowest BCUT2D eigenvalue weighted by Crippen LogP contribution is -2.61. The number of hydrogen-bond acceptors (Lipinski definition) is 5. The van der Waals surface area contributed by atoms with Crippen molar-refractivity contribution >= 4 is 60.5 Å². The molecule has 2 aliphatic heterocycles. The lowest BCUT2D eigenvalue weighted by atomic mass is 10.1. The summed E-state index contributed by atoms with van der Waals surface area (Å²) in [5.41, 5.74) is 1.32. The van der Waals surface area contributed by atoms with Crippen LogP contribution in [0.2, 0.25) is 0 Å². The minimum absolute atomic E-state index is 0.0680. The van der Waals surface area contributed by atoms with Gasteiger partial charge in [0.1, 0.15) is 6.54 Å². The van der Waals surface area contributed by atoms with E-state index in [9.17, 15) is 14.4 Å². The maximum atomic E-state index is 13.5. The smallest absolute Gasteiger partial charge is 0.256 e. The molecule has 0 saturated carbocycles. The van der Waals surface area contributed by atoms with Crippen molar-refractivity contribution in [1.29, 1.82) is 0 Å². The molecule has 1 aromatic carbocycles. The second-order valence-electron chi connectivity index (χ2n) is 8.31. The standard InChI is InChI=1S/C22H21Br2N7O3/c1-2-20(33)30-8-14(9-30)25-19(32)12-29-10-16(15-7-13(23)3-4-17(15)29)21(34)28-5-6-31-18(11-28)26-27-22(31)24/h2-4,7,10,14H,1,5-6,8-9,11-12H2,(H,25,32). The van der Waals surface area contributed by atoms with Gasteiger partial charge in [-0.2, -0.15) is 0 Å². The number of likely N-dealkylation sites (tertiary alicyclic amines) is 1. The molecule has 12 heteroatoms. The average Bonchev–Trinajstić information content (AvgIpc) is 3.34. The molecule has 10 nitrogen and oxygen atoms in total.